The highest BCUT2D eigenvalue weighted by Gasteiger charge is 2.11. The summed E-state index contributed by atoms with van der Waals surface area (Å²) in [6, 6.07) is 15.8. The fourth-order valence-electron chi connectivity index (χ4n) is 2.18. The number of nitrogens with one attached hydrogen (secondary N) is 1. The second-order valence-electron chi connectivity index (χ2n) is 4.85. The molecule has 5 nitrogen and oxygen atoms in total. The van der Waals surface area contributed by atoms with Gasteiger partial charge in [-0.15, -0.1) is 0 Å². The van der Waals surface area contributed by atoms with E-state index >= 15 is 0 Å². The molecule has 0 spiro atoms. The highest BCUT2D eigenvalue weighted by Crippen LogP contribution is 2.18. The van der Waals surface area contributed by atoms with E-state index in [4.69, 9.17) is 9.84 Å². The molecule has 0 unspecified atom stereocenters. The Hall–Kier alpha value is -3.08. The predicted octanol–water partition coefficient (Wildman–Crippen LogP) is 3.22. The first-order chi connectivity index (χ1) is 10.6. The van der Waals surface area contributed by atoms with Gasteiger partial charge in [0.15, 0.2) is 0 Å². The van der Waals surface area contributed by atoms with E-state index in [1.165, 1.54) is 6.07 Å². The molecule has 0 aliphatic heterocycles. The third-order valence-corrected chi connectivity index (χ3v) is 3.30. The lowest BCUT2D eigenvalue weighted by Crippen LogP contribution is -2.05. The largest absolute Gasteiger partial charge is 0.477 e. The van der Waals surface area contributed by atoms with Crippen LogP contribution in [0.15, 0.2) is 54.6 Å². The van der Waals surface area contributed by atoms with Gasteiger partial charge in [0.25, 0.3) is 0 Å². The van der Waals surface area contributed by atoms with Crippen LogP contribution >= 0.6 is 0 Å². The molecule has 3 rings (SSSR count). The second kappa shape index (κ2) is 5.73. The summed E-state index contributed by atoms with van der Waals surface area (Å²) in [5.41, 5.74) is 1.96. The Labute approximate surface area is 126 Å². The van der Waals surface area contributed by atoms with E-state index in [-0.39, 0.29) is 12.3 Å². The zero-order valence-electron chi connectivity index (χ0n) is 11.6. The summed E-state index contributed by atoms with van der Waals surface area (Å²) in [4.78, 5) is 25.7. The van der Waals surface area contributed by atoms with Crippen LogP contribution in [0.3, 0.4) is 0 Å². The number of hydrogen-bond acceptors (Lipinski definition) is 3. The van der Waals surface area contributed by atoms with E-state index in [2.05, 4.69) is 4.98 Å². The SMILES string of the molecule is O=C(OCc1ccccc1)c1ccc2cc(C(=O)O)[nH]c2c1. The van der Waals surface area contributed by atoms with Crippen LogP contribution in [0.25, 0.3) is 10.9 Å². The molecule has 0 bridgehead atoms. The van der Waals surface area contributed by atoms with Crippen molar-refractivity contribution in [2.45, 2.75) is 6.61 Å². The Morgan fingerprint density at radius 1 is 1.05 bits per heavy atom. The predicted molar refractivity (Wildman–Crippen MR) is 80.8 cm³/mol. The van der Waals surface area contributed by atoms with Crippen LogP contribution in [0.5, 0.6) is 0 Å². The molecule has 0 amide bonds. The number of hydrogen-bond donors (Lipinski definition) is 2. The summed E-state index contributed by atoms with van der Waals surface area (Å²) < 4.78 is 5.25. The van der Waals surface area contributed by atoms with Gasteiger partial charge in [-0.05, 0) is 23.8 Å². The van der Waals surface area contributed by atoms with Crippen LogP contribution in [0, 0.1) is 0 Å². The fourth-order valence-corrected chi connectivity index (χ4v) is 2.18. The van der Waals surface area contributed by atoms with E-state index < -0.39 is 11.9 Å². The average molecular weight is 295 g/mol. The number of esters is 1. The lowest BCUT2D eigenvalue weighted by atomic mass is 10.1. The Morgan fingerprint density at radius 3 is 2.55 bits per heavy atom. The van der Waals surface area contributed by atoms with E-state index in [0.717, 1.165) is 10.9 Å². The van der Waals surface area contributed by atoms with Crippen molar-refractivity contribution in [3.05, 3.63) is 71.4 Å². The Bertz CT molecular complexity index is 836. The number of aromatic carboxylic acids is 1. The maximum Gasteiger partial charge on any atom is 0.352 e. The summed E-state index contributed by atoms with van der Waals surface area (Å²) in [5, 5.41) is 9.69. The molecule has 2 N–H and O–H groups in total. The monoisotopic (exact) mass is 295 g/mol. The van der Waals surface area contributed by atoms with Crippen molar-refractivity contribution in [3.8, 4) is 0 Å². The normalized spacial score (nSPS) is 10.5. The fraction of sp³-hybridized carbons (Fsp3) is 0.0588. The first kappa shape index (κ1) is 13.9. The molecular weight excluding hydrogens is 282 g/mol. The highest BCUT2D eigenvalue weighted by atomic mass is 16.5. The molecular formula is C17H13NO4. The molecule has 3 aromatic rings. The topological polar surface area (TPSA) is 79.4 Å². The molecule has 2 aromatic carbocycles. The second-order valence-corrected chi connectivity index (χ2v) is 4.85. The van der Waals surface area contributed by atoms with Gasteiger partial charge in [0, 0.05) is 10.9 Å². The molecule has 110 valence electrons. The van der Waals surface area contributed by atoms with Crippen LogP contribution in [-0.2, 0) is 11.3 Å². The van der Waals surface area contributed by atoms with Crippen molar-refractivity contribution in [1.82, 2.24) is 4.98 Å². The maximum atomic E-state index is 12.0. The van der Waals surface area contributed by atoms with Gasteiger partial charge in [-0.25, -0.2) is 9.59 Å². The van der Waals surface area contributed by atoms with Gasteiger partial charge in [-0.1, -0.05) is 36.4 Å². The Kier molecular flexibility index (Phi) is 3.62. The van der Waals surface area contributed by atoms with Crippen molar-refractivity contribution in [2.24, 2.45) is 0 Å². The van der Waals surface area contributed by atoms with Gasteiger partial charge in [-0.3, -0.25) is 0 Å². The molecule has 0 saturated heterocycles. The minimum absolute atomic E-state index is 0.0878. The number of ether oxygens (including phenoxy) is 1. The molecule has 0 aliphatic carbocycles. The van der Waals surface area contributed by atoms with E-state index in [1.54, 1.807) is 18.2 Å². The van der Waals surface area contributed by atoms with Gasteiger partial charge in [0.1, 0.15) is 12.3 Å². The molecule has 0 saturated carbocycles. The number of rotatable bonds is 4. The van der Waals surface area contributed by atoms with Crippen LogP contribution in [-0.4, -0.2) is 22.0 Å². The van der Waals surface area contributed by atoms with Gasteiger partial charge < -0.3 is 14.8 Å². The van der Waals surface area contributed by atoms with Gasteiger partial charge in [-0.2, -0.15) is 0 Å². The quantitative estimate of drug-likeness (QED) is 0.724. The summed E-state index contributed by atoms with van der Waals surface area (Å²) in [7, 11) is 0. The zero-order valence-corrected chi connectivity index (χ0v) is 11.6. The first-order valence-electron chi connectivity index (χ1n) is 6.70. The zero-order chi connectivity index (χ0) is 15.5. The summed E-state index contributed by atoms with van der Waals surface area (Å²) in [6.07, 6.45) is 0. The Balaban J connectivity index is 1.77. The minimum Gasteiger partial charge on any atom is -0.477 e. The van der Waals surface area contributed by atoms with Crippen LogP contribution in [0.4, 0.5) is 0 Å². The lowest BCUT2D eigenvalue weighted by Gasteiger charge is -2.05. The lowest BCUT2D eigenvalue weighted by molar-refractivity contribution is 0.0472. The number of carboxylic acids is 1. The van der Waals surface area contributed by atoms with Gasteiger partial charge >= 0.3 is 11.9 Å². The molecule has 1 heterocycles. The van der Waals surface area contributed by atoms with E-state index in [0.29, 0.717) is 11.1 Å². The molecule has 0 aliphatic rings. The molecule has 0 fully saturated rings. The van der Waals surface area contributed by atoms with Crippen LogP contribution < -0.4 is 0 Å². The molecule has 5 heteroatoms. The van der Waals surface area contributed by atoms with E-state index in [1.807, 2.05) is 30.3 Å². The molecule has 0 radical (unpaired) electrons. The Morgan fingerprint density at radius 2 is 1.82 bits per heavy atom. The molecule has 1 aromatic heterocycles. The number of carboxylic acid groups (broad SMARTS) is 1. The van der Waals surface area contributed by atoms with Crippen LogP contribution in [0.1, 0.15) is 26.4 Å². The van der Waals surface area contributed by atoms with Crippen molar-refractivity contribution in [2.75, 3.05) is 0 Å². The standard InChI is InChI=1S/C17H13NO4/c19-16(20)15-8-12-6-7-13(9-14(12)18-15)17(21)22-10-11-4-2-1-3-5-11/h1-9,18H,10H2,(H,19,20). The number of fused-ring (bicyclic) bond motifs is 1. The number of carbonyl (C=O) groups excluding carboxylic acids is 1. The van der Waals surface area contributed by atoms with Gasteiger partial charge in [0.05, 0.1) is 5.56 Å². The average Bonchev–Trinajstić information content (AvgIpc) is 2.97. The third kappa shape index (κ3) is 2.83. The van der Waals surface area contributed by atoms with Crippen molar-refractivity contribution >= 4 is 22.8 Å². The molecule has 0 atom stereocenters. The third-order valence-electron chi connectivity index (χ3n) is 3.30. The van der Waals surface area contributed by atoms with Crippen molar-refractivity contribution in [1.29, 1.82) is 0 Å². The number of aromatic nitrogens is 1. The summed E-state index contributed by atoms with van der Waals surface area (Å²) >= 11 is 0. The summed E-state index contributed by atoms with van der Waals surface area (Å²) in [6.45, 7) is 0.197. The maximum absolute atomic E-state index is 12.0. The highest BCUT2D eigenvalue weighted by molar-refractivity contribution is 5.98. The molecule has 22 heavy (non-hydrogen) atoms. The number of H-pyrrole nitrogens is 1. The number of aromatic amines is 1. The van der Waals surface area contributed by atoms with Crippen LogP contribution in [0.2, 0.25) is 0 Å². The first-order valence-corrected chi connectivity index (χ1v) is 6.70. The number of benzene rings is 2. The van der Waals surface area contributed by atoms with E-state index in [9.17, 15) is 9.59 Å². The van der Waals surface area contributed by atoms with Crippen molar-refractivity contribution < 1.29 is 19.4 Å². The smallest absolute Gasteiger partial charge is 0.352 e. The van der Waals surface area contributed by atoms with Crippen molar-refractivity contribution in [3.63, 3.8) is 0 Å². The number of carbonyl (C=O) groups is 2. The minimum atomic E-state index is -1.04. The summed E-state index contributed by atoms with van der Waals surface area (Å²) in [5.74, 6) is -1.48. The van der Waals surface area contributed by atoms with Gasteiger partial charge in [0.2, 0.25) is 0 Å².